The van der Waals surface area contributed by atoms with Gasteiger partial charge in [0.25, 0.3) is 12.3 Å². The largest absolute Gasteiger partial charge is 0.471 e. The van der Waals surface area contributed by atoms with Gasteiger partial charge in [-0.3, -0.25) is 14.6 Å². The Morgan fingerprint density at radius 2 is 2.06 bits per heavy atom. The van der Waals surface area contributed by atoms with Crippen molar-refractivity contribution in [3.8, 4) is 5.88 Å². The van der Waals surface area contributed by atoms with Crippen LogP contribution in [0.25, 0.3) is 0 Å². The number of hydrogen-bond acceptors (Lipinski definition) is 6. The van der Waals surface area contributed by atoms with Crippen LogP contribution in [0.1, 0.15) is 61.1 Å². The Labute approximate surface area is 194 Å². The van der Waals surface area contributed by atoms with Crippen LogP contribution in [0.15, 0.2) is 12.1 Å². The summed E-state index contributed by atoms with van der Waals surface area (Å²) in [6.45, 7) is 1.27. The van der Waals surface area contributed by atoms with Gasteiger partial charge in [-0.2, -0.15) is 5.10 Å². The standard InChI is InChI=1S/C22H28F2N6O4/c1-11-3-13(4-16(11)34-21(32)26-22-7-12(8-22)9-22)14-5-18(28-27-14)25-20(31)15-6-19(29-30(15)2)33-10-17(23)24/h5-6,11-13,16-17H,3-4,7-10H2,1-2H3,(H,26,32)(H2,25,27,28,31). The van der Waals surface area contributed by atoms with E-state index < -0.39 is 18.9 Å². The minimum absolute atomic E-state index is 0.0108. The normalized spacial score (nSPS) is 29.3. The molecule has 2 heterocycles. The van der Waals surface area contributed by atoms with Gasteiger partial charge in [0.2, 0.25) is 5.88 Å². The Morgan fingerprint density at radius 3 is 2.74 bits per heavy atom. The van der Waals surface area contributed by atoms with Crippen LogP contribution in [-0.4, -0.2) is 56.7 Å². The summed E-state index contributed by atoms with van der Waals surface area (Å²) in [7, 11) is 1.52. The smallest absolute Gasteiger partial charge is 0.407 e. The van der Waals surface area contributed by atoms with Crippen molar-refractivity contribution in [3.05, 3.63) is 23.5 Å². The van der Waals surface area contributed by atoms with Gasteiger partial charge in [0.15, 0.2) is 12.4 Å². The van der Waals surface area contributed by atoms with Gasteiger partial charge in [-0.15, -0.1) is 5.10 Å². The highest BCUT2D eigenvalue weighted by Crippen LogP contribution is 2.57. The van der Waals surface area contributed by atoms with Crippen LogP contribution in [0.5, 0.6) is 5.88 Å². The molecule has 3 unspecified atom stereocenters. The van der Waals surface area contributed by atoms with Crippen molar-refractivity contribution in [2.45, 2.75) is 63.0 Å². The van der Waals surface area contributed by atoms with Crippen LogP contribution in [-0.2, 0) is 11.8 Å². The summed E-state index contributed by atoms with van der Waals surface area (Å²) in [6.07, 6.45) is 1.55. The molecule has 0 aliphatic heterocycles. The molecule has 0 radical (unpaired) electrons. The molecule has 0 aromatic carbocycles. The minimum Gasteiger partial charge on any atom is -0.471 e. The maximum absolute atomic E-state index is 12.6. The lowest BCUT2D eigenvalue weighted by Gasteiger charge is -2.61. The number of carbonyl (C=O) groups excluding carboxylic acids is 2. The molecule has 2 bridgehead atoms. The highest BCUT2D eigenvalue weighted by molar-refractivity contribution is 6.02. The van der Waals surface area contributed by atoms with Crippen LogP contribution >= 0.6 is 0 Å². The second kappa shape index (κ2) is 8.55. The van der Waals surface area contributed by atoms with Crippen molar-refractivity contribution in [2.24, 2.45) is 18.9 Å². The highest BCUT2D eigenvalue weighted by atomic mass is 19.3. The number of rotatable bonds is 8. The first-order valence-electron chi connectivity index (χ1n) is 11.5. The van der Waals surface area contributed by atoms with E-state index in [1.54, 1.807) is 6.07 Å². The number of halogens is 2. The Morgan fingerprint density at radius 1 is 1.29 bits per heavy atom. The first kappa shape index (κ1) is 22.6. The Bertz CT molecular complexity index is 1070. The number of anilines is 1. The lowest BCUT2D eigenvalue weighted by molar-refractivity contribution is -0.0520. The third kappa shape index (κ3) is 4.45. The van der Waals surface area contributed by atoms with Crippen LogP contribution in [0.2, 0.25) is 0 Å². The van der Waals surface area contributed by atoms with Gasteiger partial charge < -0.3 is 20.1 Å². The maximum Gasteiger partial charge on any atom is 0.407 e. The number of aromatic amines is 1. The summed E-state index contributed by atoms with van der Waals surface area (Å²) in [5.41, 5.74) is 0.980. The average molecular weight is 479 g/mol. The number of carbonyl (C=O) groups is 2. The van der Waals surface area contributed by atoms with E-state index in [4.69, 9.17) is 9.47 Å². The number of aryl methyl sites for hydroxylation is 1. The summed E-state index contributed by atoms with van der Waals surface area (Å²) in [4.78, 5) is 24.9. The Balaban J connectivity index is 1.15. The molecular weight excluding hydrogens is 450 g/mol. The van der Waals surface area contributed by atoms with Gasteiger partial charge in [-0.1, -0.05) is 6.92 Å². The van der Waals surface area contributed by atoms with Gasteiger partial charge >= 0.3 is 6.09 Å². The number of ether oxygens (including phenoxy) is 2. The average Bonchev–Trinajstić information content (AvgIpc) is 3.41. The Kier molecular flexibility index (Phi) is 5.68. The first-order valence-corrected chi connectivity index (χ1v) is 11.5. The molecule has 3 N–H and O–H groups in total. The fourth-order valence-corrected chi connectivity index (χ4v) is 5.31. The summed E-state index contributed by atoms with van der Waals surface area (Å²) in [5.74, 6) is 0.877. The first-order chi connectivity index (χ1) is 16.2. The number of H-pyrrole nitrogens is 1. The van der Waals surface area contributed by atoms with E-state index >= 15 is 0 Å². The summed E-state index contributed by atoms with van der Waals surface area (Å²) < 4.78 is 36.5. The van der Waals surface area contributed by atoms with Gasteiger partial charge in [0, 0.05) is 36.3 Å². The zero-order chi connectivity index (χ0) is 24.0. The molecule has 4 aliphatic rings. The zero-order valence-corrected chi connectivity index (χ0v) is 19.0. The van der Waals surface area contributed by atoms with Crippen LogP contribution in [0.3, 0.4) is 0 Å². The van der Waals surface area contributed by atoms with E-state index in [9.17, 15) is 18.4 Å². The summed E-state index contributed by atoms with van der Waals surface area (Å²) in [6, 6.07) is 3.05. The number of alkyl halides is 2. The number of nitrogens with one attached hydrogen (secondary N) is 3. The number of amides is 2. The van der Waals surface area contributed by atoms with E-state index in [1.807, 2.05) is 0 Å². The molecule has 2 aromatic rings. The molecule has 10 nitrogen and oxygen atoms in total. The SMILES string of the molecule is CC1CC(c2cc(NC(=O)c3cc(OCC(F)F)nn3C)n[nH]2)CC1OC(=O)NC12CC(C1)C2. The molecule has 0 spiro atoms. The summed E-state index contributed by atoms with van der Waals surface area (Å²) in [5, 5.41) is 16.8. The maximum atomic E-state index is 12.6. The lowest BCUT2D eigenvalue weighted by atomic mass is 9.50. The van der Waals surface area contributed by atoms with Crippen molar-refractivity contribution in [3.63, 3.8) is 0 Å². The van der Waals surface area contributed by atoms with Gasteiger partial charge in [-0.05, 0) is 43.9 Å². The van der Waals surface area contributed by atoms with E-state index in [0.717, 1.165) is 37.3 Å². The Hall–Kier alpha value is -3.18. The molecule has 4 aliphatic carbocycles. The van der Waals surface area contributed by atoms with Gasteiger partial charge in [-0.25, -0.2) is 13.6 Å². The van der Waals surface area contributed by atoms with E-state index in [1.165, 1.54) is 17.8 Å². The summed E-state index contributed by atoms with van der Waals surface area (Å²) >= 11 is 0. The van der Waals surface area contributed by atoms with Gasteiger partial charge in [0.1, 0.15) is 11.8 Å². The van der Waals surface area contributed by atoms with E-state index in [-0.39, 0.29) is 41.1 Å². The molecule has 4 saturated carbocycles. The highest BCUT2D eigenvalue weighted by Gasteiger charge is 2.57. The molecule has 12 heteroatoms. The third-order valence-electron chi connectivity index (χ3n) is 7.20. The number of aromatic nitrogens is 4. The monoisotopic (exact) mass is 478 g/mol. The third-order valence-corrected chi connectivity index (χ3v) is 7.20. The fraction of sp³-hybridized carbons (Fsp3) is 0.636. The second-order valence-electron chi connectivity index (χ2n) is 9.83. The molecule has 4 fully saturated rings. The van der Waals surface area contributed by atoms with Crippen molar-refractivity contribution in [1.29, 1.82) is 0 Å². The molecule has 2 amide bonds. The van der Waals surface area contributed by atoms with Crippen molar-refractivity contribution in [2.75, 3.05) is 11.9 Å². The van der Waals surface area contributed by atoms with E-state index in [0.29, 0.717) is 12.2 Å². The zero-order valence-electron chi connectivity index (χ0n) is 19.0. The van der Waals surface area contributed by atoms with Crippen LogP contribution in [0.4, 0.5) is 19.4 Å². The second-order valence-corrected chi connectivity index (χ2v) is 9.83. The molecular formula is C22H28F2N6O4. The van der Waals surface area contributed by atoms with Crippen LogP contribution < -0.4 is 15.4 Å². The molecule has 184 valence electrons. The molecule has 0 saturated heterocycles. The quantitative estimate of drug-likeness (QED) is 0.536. The molecule has 3 atom stereocenters. The van der Waals surface area contributed by atoms with Gasteiger partial charge in [0.05, 0.1) is 0 Å². The molecule has 34 heavy (non-hydrogen) atoms. The fourth-order valence-electron chi connectivity index (χ4n) is 5.31. The predicted molar refractivity (Wildman–Crippen MR) is 116 cm³/mol. The van der Waals surface area contributed by atoms with Crippen molar-refractivity contribution < 1.29 is 27.8 Å². The van der Waals surface area contributed by atoms with E-state index in [2.05, 4.69) is 32.9 Å². The minimum atomic E-state index is -2.63. The predicted octanol–water partition coefficient (Wildman–Crippen LogP) is 3.20. The number of nitrogens with zero attached hydrogens (tertiary/aromatic N) is 3. The number of hydrogen-bond donors (Lipinski definition) is 3. The lowest BCUT2D eigenvalue weighted by Crippen LogP contribution is -2.68. The van der Waals surface area contributed by atoms with Crippen molar-refractivity contribution >= 4 is 17.8 Å². The van der Waals surface area contributed by atoms with Crippen molar-refractivity contribution in [1.82, 2.24) is 25.3 Å². The topological polar surface area (TPSA) is 123 Å². The number of alkyl carbamates (subject to hydrolysis) is 1. The molecule has 6 rings (SSSR count). The van der Waals surface area contributed by atoms with Crippen LogP contribution in [0, 0.1) is 11.8 Å². The molecule has 2 aromatic heterocycles.